The van der Waals surface area contributed by atoms with Crippen molar-refractivity contribution in [2.75, 3.05) is 79.0 Å². The van der Waals surface area contributed by atoms with Gasteiger partial charge in [-0.2, -0.15) is 0 Å². The quantitative estimate of drug-likeness (QED) is 0.499. The zero-order valence-electron chi connectivity index (χ0n) is 14.6. The number of aliphatic carboxylic acids is 3. The summed E-state index contributed by atoms with van der Waals surface area (Å²) in [4.78, 5) is 40.2. The van der Waals surface area contributed by atoms with E-state index in [2.05, 4.69) is 0 Å². The van der Waals surface area contributed by atoms with Gasteiger partial charge in [-0.15, -0.1) is 0 Å². The molecule has 0 bridgehead atoms. The summed E-state index contributed by atoms with van der Waals surface area (Å²) in [6, 6.07) is 0. The molecule has 144 valence electrons. The van der Waals surface area contributed by atoms with Gasteiger partial charge in [0.15, 0.2) is 0 Å². The third-order valence-electron chi connectivity index (χ3n) is 4.13. The molecular weight excluding hydrogens is 332 g/mol. The molecule has 10 heteroatoms. The molecule has 0 aromatic heterocycles. The standard InChI is InChI=1S/C15H28N4O6/c1-16-2-4-17(10-13(20)21)6-8-19(12-15(24)25)9-7-18(5-3-16)11-14(22)23/h2-12H2,1H3,(H,20,21)(H,22,23)(H,24,25)/p-1. The van der Waals surface area contributed by atoms with Crippen LogP contribution in [-0.2, 0) is 14.4 Å². The number of likely N-dealkylation sites (N-methyl/N-ethyl adjacent to an activating group) is 1. The minimum atomic E-state index is -1.16. The Morgan fingerprint density at radius 1 is 0.720 bits per heavy atom. The highest BCUT2D eigenvalue weighted by Gasteiger charge is 2.17. The number of carbonyl (C=O) groups is 3. The molecular formula is C15H27N4O6-. The molecule has 10 nitrogen and oxygen atoms in total. The van der Waals surface area contributed by atoms with E-state index in [-0.39, 0.29) is 19.6 Å². The Balaban J connectivity index is 2.76. The summed E-state index contributed by atoms with van der Waals surface area (Å²) in [5.74, 6) is -3.05. The smallest absolute Gasteiger partial charge is 0.317 e. The predicted molar refractivity (Wildman–Crippen MR) is 87.1 cm³/mol. The maximum absolute atomic E-state index is 11.0. The van der Waals surface area contributed by atoms with Crippen LogP contribution in [0.1, 0.15) is 0 Å². The summed E-state index contributed by atoms with van der Waals surface area (Å²) < 4.78 is 0. The van der Waals surface area contributed by atoms with E-state index in [4.69, 9.17) is 10.2 Å². The molecule has 1 aliphatic rings. The van der Waals surface area contributed by atoms with Crippen LogP contribution in [0.25, 0.3) is 0 Å². The molecule has 1 rings (SSSR count). The van der Waals surface area contributed by atoms with E-state index in [9.17, 15) is 19.5 Å². The van der Waals surface area contributed by atoms with E-state index in [0.29, 0.717) is 52.4 Å². The van der Waals surface area contributed by atoms with Crippen LogP contribution in [-0.4, -0.2) is 127 Å². The van der Waals surface area contributed by atoms with Gasteiger partial charge in [-0.1, -0.05) is 0 Å². The van der Waals surface area contributed by atoms with Gasteiger partial charge >= 0.3 is 11.9 Å². The van der Waals surface area contributed by atoms with Crippen molar-refractivity contribution in [3.63, 3.8) is 0 Å². The minimum absolute atomic E-state index is 0.0917. The number of rotatable bonds is 6. The summed E-state index contributed by atoms with van der Waals surface area (Å²) in [6.07, 6.45) is 0. The van der Waals surface area contributed by atoms with Crippen LogP contribution >= 0.6 is 0 Å². The van der Waals surface area contributed by atoms with E-state index in [0.717, 1.165) is 0 Å². The second-order valence-corrected chi connectivity index (χ2v) is 6.29. The van der Waals surface area contributed by atoms with Crippen LogP contribution in [0, 0.1) is 0 Å². The summed E-state index contributed by atoms with van der Waals surface area (Å²) in [7, 11) is 1.90. The Kier molecular flexibility index (Phi) is 9.35. The third-order valence-corrected chi connectivity index (χ3v) is 4.13. The number of carbonyl (C=O) groups excluding carboxylic acids is 1. The molecule has 1 aliphatic heterocycles. The molecule has 0 amide bonds. The second kappa shape index (κ2) is 11.0. The van der Waals surface area contributed by atoms with Gasteiger partial charge in [0.1, 0.15) is 0 Å². The van der Waals surface area contributed by atoms with Crippen molar-refractivity contribution in [2.45, 2.75) is 0 Å². The van der Waals surface area contributed by atoms with Crippen molar-refractivity contribution in [1.29, 1.82) is 0 Å². The Morgan fingerprint density at radius 2 is 1.04 bits per heavy atom. The predicted octanol–water partition coefficient (Wildman–Crippen LogP) is -3.24. The molecule has 2 N–H and O–H groups in total. The van der Waals surface area contributed by atoms with E-state index < -0.39 is 17.9 Å². The van der Waals surface area contributed by atoms with Gasteiger partial charge < -0.3 is 25.0 Å². The van der Waals surface area contributed by atoms with Gasteiger partial charge in [-0.3, -0.25) is 24.3 Å². The zero-order valence-corrected chi connectivity index (χ0v) is 14.6. The monoisotopic (exact) mass is 359 g/mol. The first-order valence-electron chi connectivity index (χ1n) is 8.25. The van der Waals surface area contributed by atoms with Crippen LogP contribution in [0.15, 0.2) is 0 Å². The SMILES string of the molecule is CN1CCN(CC(=O)[O-])CCN(CC(=O)O)CCN(CC(=O)O)CC1. The molecule has 1 heterocycles. The van der Waals surface area contributed by atoms with E-state index in [1.165, 1.54) is 0 Å². The third kappa shape index (κ3) is 9.97. The lowest BCUT2D eigenvalue weighted by Crippen LogP contribution is -2.49. The van der Waals surface area contributed by atoms with Crippen LogP contribution in [0.5, 0.6) is 0 Å². The largest absolute Gasteiger partial charge is 0.549 e. The van der Waals surface area contributed by atoms with Crippen LogP contribution in [0.2, 0.25) is 0 Å². The fourth-order valence-electron chi connectivity index (χ4n) is 2.68. The number of hydrogen-bond acceptors (Lipinski definition) is 8. The second-order valence-electron chi connectivity index (χ2n) is 6.29. The van der Waals surface area contributed by atoms with Crippen molar-refractivity contribution < 1.29 is 29.7 Å². The van der Waals surface area contributed by atoms with Gasteiger partial charge in [0.2, 0.25) is 0 Å². The maximum atomic E-state index is 11.0. The number of carboxylic acids is 3. The molecule has 0 radical (unpaired) electrons. The maximum Gasteiger partial charge on any atom is 0.317 e. The lowest BCUT2D eigenvalue weighted by Gasteiger charge is -2.32. The van der Waals surface area contributed by atoms with E-state index >= 15 is 0 Å². The highest BCUT2D eigenvalue weighted by atomic mass is 16.4. The molecule has 1 saturated heterocycles. The molecule has 0 atom stereocenters. The Labute approximate surface area is 147 Å². The Bertz CT molecular complexity index is 429. The summed E-state index contributed by atoms with van der Waals surface area (Å²) in [5, 5.41) is 28.9. The molecule has 0 saturated carbocycles. The van der Waals surface area contributed by atoms with Gasteiger partial charge in [-0.25, -0.2) is 0 Å². The zero-order chi connectivity index (χ0) is 18.8. The number of nitrogens with zero attached hydrogens (tertiary/aromatic N) is 4. The molecule has 0 aliphatic carbocycles. The fourth-order valence-corrected chi connectivity index (χ4v) is 2.68. The van der Waals surface area contributed by atoms with Crippen LogP contribution in [0.4, 0.5) is 0 Å². The minimum Gasteiger partial charge on any atom is -0.549 e. The topological polar surface area (TPSA) is 128 Å². The van der Waals surface area contributed by atoms with Gasteiger partial charge in [0.05, 0.1) is 19.1 Å². The first-order valence-corrected chi connectivity index (χ1v) is 8.25. The first-order chi connectivity index (χ1) is 11.8. The fraction of sp³-hybridized carbons (Fsp3) is 0.800. The van der Waals surface area contributed by atoms with Gasteiger partial charge in [0, 0.05) is 58.9 Å². The molecule has 1 fully saturated rings. The lowest BCUT2D eigenvalue weighted by molar-refractivity contribution is -0.306. The highest BCUT2D eigenvalue weighted by molar-refractivity contribution is 5.69. The molecule has 0 aromatic rings. The molecule has 25 heavy (non-hydrogen) atoms. The Hall–Kier alpha value is -1.75. The van der Waals surface area contributed by atoms with E-state index in [1.807, 2.05) is 11.9 Å². The van der Waals surface area contributed by atoms with Crippen molar-refractivity contribution in [1.82, 2.24) is 19.6 Å². The van der Waals surface area contributed by atoms with Crippen LogP contribution < -0.4 is 5.11 Å². The van der Waals surface area contributed by atoms with Crippen molar-refractivity contribution in [3.05, 3.63) is 0 Å². The first kappa shape index (κ1) is 21.3. The summed E-state index contributed by atoms with van der Waals surface area (Å²) in [5.41, 5.74) is 0. The van der Waals surface area contributed by atoms with Gasteiger partial charge in [-0.05, 0) is 7.05 Å². The summed E-state index contributed by atoms with van der Waals surface area (Å²) >= 11 is 0. The normalized spacial score (nSPS) is 20.5. The Morgan fingerprint density at radius 3 is 1.36 bits per heavy atom. The van der Waals surface area contributed by atoms with E-state index in [1.54, 1.807) is 14.7 Å². The van der Waals surface area contributed by atoms with Crippen LogP contribution in [0.3, 0.4) is 0 Å². The molecule has 0 spiro atoms. The average molecular weight is 359 g/mol. The average Bonchev–Trinajstić information content (AvgIpc) is 2.49. The molecule has 0 aromatic carbocycles. The highest BCUT2D eigenvalue weighted by Crippen LogP contribution is 1.99. The van der Waals surface area contributed by atoms with Crippen molar-refractivity contribution in [2.24, 2.45) is 0 Å². The number of hydrogen-bond donors (Lipinski definition) is 2. The summed E-state index contributed by atoms with van der Waals surface area (Å²) in [6.45, 7) is 3.53. The van der Waals surface area contributed by atoms with Gasteiger partial charge in [0.25, 0.3) is 0 Å². The van der Waals surface area contributed by atoms with Crippen molar-refractivity contribution >= 4 is 17.9 Å². The molecule has 0 unspecified atom stereocenters. The lowest BCUT2D eigenvalue weighted by atomic mass is 10.3. The van der Waals surface area contributed by atoms with Crippen molar-refractivity contribution in [3.8, 4) is 0 Å². The number of carboxylic acid groups (broad SMARTS) is 3.